The van der Waals surface area contributed by atoms with Gasteiger partial charge in [-0.3, -0.25) is 4.79 Å². The van der Waals surface area contributed by atoms with Crippen molar-refractivity contribution in [3.63, 3.8) is 0 Å². The molecule has 5 nitrogen and oxygen atoms in total. The van der Waals surface area contributed by atoms with E-state index in [-0.39, 0.29) is 11.5 Å². The number of amides is 1. The van der Waals surface area contributed by atoms with E-state index in [4.69, 9.17) is 11.6 Å². The Morgan fingerprint density at radius 2 is 1.79 bits per heavy atom. The third-order valence-corrected chi connectivity index (χ3v) is 4.26. The van der Waals surface area contributed by atoms with Crippen LogP contribution < -0.4 is 10.2 Å². The fourth-order valence-corrected chi connectivity index (χ4v) is 3.02. The summed E-state index contributed by atoms with van der Waals surface area (Å²) in [7, 11) is 0. The Bertz CT molecular complexity index is 786. The van der Waals surface area contributed by atoms with Gasteiger partial charge < -0.3 is 15.3 Å². The first-order valence-electron chi connectivity index (χ1n) is 7.74. The van der Waals surface area contributed by atoms with Crippen LogP contribution in [0.1, 0.15) is 33.6 Å². The zero-order valence-electron chi connectivity index (χ0n) is 13.0. The second-order valence-corrected chi connectivity index (χ2v) is 6.13. The van der Waals surface area contributed by atoms with Crippen molar-refractivity contribution in [1.82, 2.24) is 0 Å². The number of carbonyl (C=O) groups excluding carboxylic acids is 1. The van der Waals surface area contributed by atoms with Gasteiger partial charge in [0.05, 0.1) is 16.9 Å². The lowest BCUT2D eigenvalue weighted by Gasteiger charge is -2.22. The lowest BCUT2D eigenvalue weighted by atomic mass is 10.1. The molecule has 0 spiro atoms. The molecule has 0 aromatic heterocycles. The molecule has 1 aliphatic rings. The number of rotatable bonds is 4. The van der Waals surface area contributed by atoms with Gasteiger partial charge in [0.25, 0.3) is 5.91 Å². The molecule has 6 heteroatoms. The van der Waals surface area contributed by atoms with E-state index in [1.807, 2.05) is 0 Å². The summed E-state index contributed by atoms with van der Waals surface area (Å²) in [5.74, 6) is -1.35. The summed E-state index contributed by atoms with van der Waals surface area (Å²) in [4.78, 5) is 25.9. The highest BCUT2D eigenvalue weighted by Crippen LogP contribution is 2.30. The highest BCUT2D eigenvalue weighted by Gasteiger charge is 2.19. The van der Waals surface area contributed by atoms with Crippen molar-refractivity contribution in [2.45, 2.75) is 12.8 Å². The first-order chi connectivity index (χ1) is 11.5. The molecule has 2 aromatic carbocycles. The molecule has 1 aliphatic heterocycles. The van der Waals surface area contributed by atoms with Gasteiger partial charge in [0.2, 0.25) is 0 Å². The van der Waals surface area contributed by atoms with Crippen molar-refractivity contribution in [2.75, 3.05) is 23.3 Å². The molecule has 0 saturated carbocycles. The number of hydrogen-bond acceptors (Lipinski definition) is 3. The molecule has 0 atom stereocenters. The maximum atomic E-state index is 12.5. The van der Waals surface area contributed by atoms with Gasteiger partial charge in [-0.1, -0.05) is 17.7 Å². The summed E-state index contributed by atoms with van der Waals surface area (Å²) in [5.41, 5.74) is 1.91. The van der Waals surface area contributed by atoms with Gasteiger partial charge >= 0.3 is 5.97 Å². The highest BCUT2D eigenvalue weighted by molar-refractivity contribution is 6.31. The van der Waals surface area contributed by atoms with E-state index >= 15 is 0 Å². The normalized spacial score (nSPS) is 13.8. The Kier molecular flexibility index (Phi) is 4.71. The van der Waals surface area contributed by atoms with E-state index in [0.717, 1.165) is 31.6 Å². The standard InChI is InChI=1S/C18H17ClN2O3/c19-14-5-3-4-12(10-14)17(22)20-15-11-13(18(23)24)6-7-16(15)21-8-1-2-9-21/h3-7,10-11H,1-2,8-9H2,(H,20,22)(H,23,24). The van der Waals surface area contributed by atoms with Crippen LogP contribution in [0.3, 0.4) is 0 Å². The number of anilines is 2. The Balaban J connectivity index is 1.93. The number of carbonyl (C=O) groups is 2. The number of carboxylic acids is 1. The number of hydrogen-bond donors (Lipinski definition) is 2. The van der Waals surface area contributed by atoms with Crippen LogP contribution in [0.4, 0.5) is 11.4 Å². The molecular formula is C18H17ClN2O3. The van der Waals surface area contributed by atoms with Gasteiger partial charge in [0.15, 0.2) is 0 Å². The molecule has 2 aromatic rings. The Morgan fingerprint density at radius 1 is 1.04 bits per heavy atom. The molecule has 24 heavy (non-hydrogen) atoms. The van der Waals surface area contributed by atoms with Crippen LogP contribution in [0.15, 0.2) is 42.5 Å². The van der Waals surface area contributed by atoms with Crippen LogP contribution in [0.2, 0.25) is 5.02 Å². The first-order valence-corrected chi connectivity index (χ1v) is 8.11. The van der Waals surface area contributed by atoms with Crippen LogP contribution in [0, 0.1) is 0 Å². The molecule has 0 unspecified atom stereocenters. The minimum atomic E-state index is -1.03. The van der Waals surface area contributed by atoms with Gasteiger partial charge in [0, 0.05) is 23.7 Å². The van der Waals surface area contributed by atoms with Gasteiger partial charge in [0.1, 0.15) is 0 Å². The third kappa shape index (κ3) is 3.51. The van der Waals surface area contributed by atoms with Gasteiger partial charge in [-0.25, -0.2) is 4.79 Å². The maximum absolute atomic E-state index is 12.5. The van der Waals surface area contributed by atoms with Crippen molar-refractivity contribution in [3.8, 4) is 0 Å². The van der Waals surface area contributed by atoms with Gasteiger partial charge in [-0.2, -0.15) is 0 Å². The quantitative estimate of drug-likeness (QED) is 0.882. The van der Waals surface area contributed by atoms with E-state index in [9.17, 15) is 14.7 Å². The van der Waals surface area contributed by atoms with Crippen molar-refractivity contribution in [3.05, 3.63) is 58.6 Å². The smallest absolute Gasteiger partial charge is 0.335 e. The second-order valence-electron chi connectivity index (χ2n) is 5.70. The summed E-state index contributed by atoms with van der Waals surface area (Å²) < 4.78 is 0. The van der Waals surface area contributed by atoms with Crippen LogP contribution in [-0.2, 0) is 0 Å². The average Bonchev–Trinajstić information content (AvgIpc) is 3.09. The van der Waals surface area contributed by atoms with Crippen molar-refractivity contribution in [1.29, 1.82) is 0 Å². The molecular weight excluding hydrogens is 328 g/mol. The average molecular weight is 345 g/mol. The molecule has 124 valence electrons. The van der Waals surface area contributed by atoms with E-state index in [1.54, 1.807) is 36.4 Å². The molecule has 3 rings (SSSR count). The van der Waals surface area contributed by atoms with Gasteiger partial charge in [-0.05, 0) is 49.2 Å². The predicted molar refractivity (Wildman–Crippen MR) is 94.3 cm³/mol. The zero-order chi connectivity index (χ0) is 17.1. The number of carboxylic acid groups (broad SMARTS) is 1. The summed E-state index contributed by atoms with van der Waals surface area (Å²) in [6, 6.07) is 11.4. The first kappa shape index (κ1) is 16.3. The minimum absolute atomic E-state index is 0.138. The maximum Gasteiger partial charge on any atom is 0.335 e. The SMILES string of the molecule is O=C(O)c1ccc(N2CCCC2)c(NC(=O)c2cccc(Cl)c2)c1. The van der Waals surface area contributed by atoms with Crippen LogP contribution in [0.25, 0.3) is 0 Å². The van der Waals surface area contributed by atoms with Crippen LogP contribution >= 0.6 is 11.6 Å². The topological polar surface area (TPSA) is 69.6 Å². The molecule has 2 N–H and O–H groups in total. The molecule has 1 amide bonds. The highest BCUT2D eigenvalue weighted by atomic mass is 35.5. The summed E-state index contributed by atoms with van der Waals surface area (Å²) in [5, 5.41) is 12.5. The summed E-state index contributed by atoms with van der Waals surface area (Å²) in [6.45, 7) is 1.79. The molecule has 0 aliphatic carbocycles. The number of benzene rings is 2. The second kappa shape index (κ2) is 6.93. The number of aromatic carboxylic acids is 1. The zero-order valence-corrected chi connectivity index (χ0v) is 13.7. The summed E-state index contributed by atoms with van der Waals surface area (Å²) >= 11 is 5.93. The third-order valence-electron chi connectivity index (χ3n) is 4.03. The predicted octanol–water partition coefficient (Wildman–Crippen LogP) is 3.89. The lowest BCUT2D eigenvalue weighted by molar-refractivity contribution is 0.0696. The fourth-order valence-electron chi connectivity index (χ4n) is 2.83. The van der Waals surface area contributed by atoms with E-state index < -0.39 is 5.97 Å². The van der Waals surface area contributed by atoms with Crippen LogP contribution in [0.5, 0.6) is 0 Å². The number of halogens is 1. The molecule has 0 bridgehead atoms. The minimum Gasteiger partial charge on any atom is -0.478 e. The largest absolute Gasteiger partial charge is 0.478 e. The Labute approximate surface area is 144 Å². The monoisotopic (exact) mass is 344 g/mol. The Morgan fingerprint density at radius 3 is 2.46 bits per heavy atom. The lowest BCUT2D eigenvalue weighted by Crippen LogP contribution is -2.21. The van der Waals surface area contributed by atoms with E-state index in [2.05, 4.69) is 10.2 Å². The molecule has 1 saturated heterocycles. The number of nitrogens with zero attached hydrogens (tertiary/aromatic N) is 1. The summed E-state index contributed by atoms with van der Waals surface area (Å²) in [6.07, 6.45) is 2.17. The fraction of sp³-hybridized carbons (Fsp3) is 0.222. The van der Waals surface area contributed by atoms with Crippen molar-refractivity contribution < 1.29 is 14.7 Å². The molecule has 1 fully saturated rings. The number of nitrogens with one attached hydrogen (secondary N) is 1. The van der Waals surface area contributed by atoms with E-state index in [1.165, 1.54) is 6.07 Å². The van der Waals surface area contributed by atoms with Crippen molar-refractivity contribution in [2.24, 2.45) is 0 Å². The molecule has 0 radical (unpaired) electrons. The van der Waals surface area contributed by atoms with Crippen LogP contribution in [-0.4, -0.2) is 30.1 Å². The van der Waals surface area contributed by atoms with Crippen molar-refractivity contribution >= 4 is 34.9 Å². The van der Waals surface area contributed by atoms with E-state index in [0.29, 0.717) is 16.3 Å². The molecule has 1 heterocycles. The Hall–Kier alpha value is -2.53. The van der Waals surface area contributed by atoms with Gasteiger partial charge in [-0.15, -0.1) is 0 Å².